The smallest absolute Gasteiger partial charge is 0.220 e. The molecule has 1 amide bonds. The van der Waals surface area contributed by atoms with E-state index in [-0.39, 0.29) is 43.0 Å². The fourth-order valence-corrected chi connectivity index (χ4v) is 2.76. The molecule has 1 aromatic rings. The van der Waals surface area contributed by atoms with Crippen molar-refractivity contribution in [3.05, 3.63) is 35.4 Å². The first-order valence-electron chi connectivity index (χ1n) is 8.75. The van der Waals surface area contributed by atoms with Crippen LogP contribution in [0.25, 0.3) is 0 Å². The van der Waals surface area contributed by atoms with Crippen LogP contribution in [0.4, 0.5) is 0 Å². The number of carbonyl (C=O) groups excluding carboxylic acids is 2. The number of hydrogen-bond donors (Lipinski definition) is 2. The maximum absolute atomic E-state index is 12.2. The number of hydrogen-bond acceptors (Lipinski definition) is 3. The summed E-state index contributed by atoms with van der Waals surface area (Å²) in [5, 5.41) is 2.95. The van der Waals surface area contributed by atoms with Crippen molar-refractivity contribution in [3.63, 3.8) is 0 Å². The summed E-state index contributed by atoms with van der Waals surface area (Å²) >= 11 is 0. The molecule has 1 saturated carbocycles. The summed E-state index contributed by atoms with van der Waals surface area (Å²) in [6.07, 6.45) is 6.16. The quantitative estimate of drug-likeness (QED) is 0.635. The Morgan fingerprint density at radius 1 is 1.21 bits per heavy atom. The molecule has 24 heavy (non-hydrogen) atoms. The molecule has 0 aromatic heterocycles. The van der Waals surface area contributed by atoms with Gasteiger partial charge >= 0.3 is 0 Å². The highest BCUT2D eigenvalue weighted by molar-refractivity contribution is 5.98. The highest BCUT2D eigenvalue weighted by Gasteiger charge is 2.31. The fraction of sp³-hybridized carbons (Fsp3) is 0.579. The number of nitrogens with one attached hydrogen (secondary N) is 1. The molecule has 1 atom stereocenters. The van der Waals surface area contributed by atoms with Crippen LogP contribution in [-0.2, 0) is 11.2 Å². The number of Topliss-reactive ketones (excluding diaryl/α,β-unsaturated/α-hetero) is 1. The number of benzene rings is 1. The topological polar surface area (TPSA) is 72.2 Å². The maximum Gasteiger partial charge on any atom is 0.220 e. The Morgan fingerprint density at radius 3 is 2.42 bits per heavy atom. The molecule has 1 fully saturated rings. The van der Waals surface area contributed by atoms with E-state index in [2.05, 4.69) is 12.2 Å². The zero-order chi connectivity index (χ0) is 16.7. The van der Waals surface area contributed by atoms with Crippen molar-refractivity contribution < 1.29 is 9.59 Å². The predicted octanol–water partition coefficient (Wildman–Crippen LogP) is 3.27. The van der Waals surface area contributed by atoms with Gasteiger partial charge in [0.1, 0.15) is 0 Å². The van der Waals surface area contributed by atoms with Crippen LogP contribution in [0.1, 0.15) is 61.4 Å². The van der Waals surface area contributed by atoms with Gasteiger partial charge in [-0.2, -0.15) is 0 Å². The van der Waals surface area contributed by atoms with Gasteiger partial charge in [-0.3, -0.25) is 9.59 Å². The number of ketones is 1. The van der Waals surface area contributed by atoms with Crippen molar-refractivity contribution in [1.82, 2.24) is 5.32 Å². The second kappa shape index (κ2) is 10.5. The van der Waals surface area contributed by atoms with Gasteiger partial charge in [0.15, 0.2) is 5.78 Å². The summed E-state index contributed by atoms with van der Waals surface area (Å²) in [7, 11) is 0. The molecule has 0 spiro atoms. The third-order valence-corrected chi connectivity index (χ3v) is 4.47. The van der Waals surface area contributed by atoms with Gasteiger partial charge in [0.05, 0.1) is 0 Å². The minimum absolute atomic E-state index is 0. The molecular weight excluding hydrogens is 324 g/mol. The molecule has 0 saturated heterocycles. The molecule has 0 radical (unpaired) electrons. The fourth-order valence-electron chi connectivity index (χ4n) is 2.76. The summed E-state index contributed by atoms with van der Waals surface area (Å²) in [6.45, 7) is 2.64. The highest BCUT2D eigenvalue weighted by atomic mass is 35.5. The molecule has 0 bridgehead atoms. The van der Waals surface area contributed by atoms with E-state index < -0.39 is 0 Å². The van der Waals surface area contributed by atoms with Crippen molar-refractivity contribution in [1.29, 1.82) is 0 Å². The molecule has 0 heterocycles. The van der Waals surface area contributed by atoms with E-state index in [1.54, 1.807) is 0 Å². The average Bonchev–Trinajstić information content (AvgIpc) is 3.41. The van der Waals surface area contributed by atoms with E-state index in [1.807, 2.05) is 24.3 Å². The van der Waals surface area contributed by atoms with Gasteiger partial charge in [-0.05, 0) is 37.2 Å². The predicted molar refractivity (Wildman–Crippen MR) is 99.6 cm³/mol. The van der Waals surface area contributed by atoms with Crippen LogP contribution in [0, 0.1) is 5.92 Å². The van der Waals surface area contributed by atoms with E-state index in [1.165, 1.54) is 12.0 Å². The zero-order valence-corrected chi connectivity index (χ0v) is 15.2. The van der Waals surface area contributed by atoms with E-state index in [0.29, 0.717) is 18.0 Å². The molecule has 1 unspecified atom stereocenters. The Labute approximate surface area is 151 Å². The molecule has 2 rings (SSSR count). The lowest BCUT2D eigenvalue weighted by Gasteiger charge is -2.15. The lowest BCUT2D eigenvalue weighted by molar-refractivity contribution is -0.121. The van der Waals surface area contributed by atoms with Crippen molar-refractivity contribution >= 4 is 24.1 Å². The second-order valence-corrected chi connectivity index (χ2v) is 6.47. The summed E-state index contributed by atoms with van der Waals surface area (Å²) in [4.78, 5) is 24.1. The molecule has 1 aromatic carbocycles. The Kier molecular flexibility index (Phi) is 9.01. The SMILES string of the molecule is CCCCc1ccc(C(=O)CCC(=O)NC(CN)C2CC2)cc1.Cl. The van der Waals surface area contributed by atoms with E-state index >= 15 is 0 Å². The Morgan fingerprint density at radius 2 is 1.88 bits per heavy atom. The van der Waals surface area contributed by atoms with Crippen LogP contribution >= 0.6 is 12.4 Å². The zero-order valence-electron chi connectivity index (χ0n) is 14.4. The Bertz CT molecular complexity index is 527. The first-order valence-corrected chi connectivity index (χ1v) is 8.75. The van der Waals surface area contributed by atoms with Crippen molar-refractivity contribution in [2.24, 2.45) is 11.7 Å². The van der Waals surface area contributed by atoms with Gasteiger partial charge in [0.25, 0.3) is 0 Å². The summed E-state index contributed by atoms with van der Waals surface area (Å²) in [5.41, 5.74) is 7.63. The van der Waals surface area contributed by atoms with Crippen LogP contribution < -0.4 is 11.1 Å². The Hall–Kier alpha value is -1.39. The summed E-state index contributed by atoms with van der Waals surface area (Å²) in [5.74, 6) is 0.494. The summed E-state index contributed by atoms with van der Waals surface area (Å²) < 4.78 is 0. The minimum atomic E-state index is -0.0692. The Balaban J connectivity index is 0.00000288. The molecule has 5 heteroatoms. The van der Waals surface area contributed by atoms with Gasteiger partial charge in [0.2, 0.25) is 5.91 Å². The average molecular weight is 353 g/mol. The molecule has 134 valence electrons. The van der Waals surface area contributed by atoms with Crippen LogP contribution in [0.2, 0.25) is 0 Å². The van der Waals surface area contributed by atoms with Gasteiger partial charge in [0, 0.05) is 31.0 Å². The van der Waals surface area contributed by atoms with Crippen molar-refractivity contribution in [3.8, 4) is 0 Å². The largest absolute Gasteiger partial charge is 0.352 e. The highest BCUT2D eigenvalue weighted by Crippen LogP contribution is 2.32. The normalized spacial score (nSPS) is 14.6. The third-order valence-electron chi connectivity index (χ3n) is 4.47. The number of carbonyl (C=O) groups is 2. The molecule has 4 nitrogen and oxygen atoms in total. The number of nitrogens with two attached hydrogens (primary N) is 1. The molecule has 3 N–H and O–H groups in total. The van der Waals surface area contributed by atoms with E-state index in [4.69, 9.17) is 5.73 Å². The van der Waals surface area contributed by atoms with Crippen LogP contribution in [-0.4, -0.2) is 24.3 Å². The van der Waals surface area contributed by atoms with Crippen molar-refractivity contribution in [2.75, 3.05) is 6.54 Å². The van der Waals surface area contributed by atoms with Gasteiger partial charge in [-0.25, -0.2) is 0 Å². The first-order chi connectivity index (χ1) is 11.1. The van der Waals surface area contributed by atoms with E-state index in [9.17, 15) is 9.59 Å². The lowest BCUT2D eigenvalue weighted by atomic mass is 10.0. The molecule has 1 aliphatic carbocycles. The number of unbranched alkanes of at least 4 members (excludes halogenated alkanes) is 1. The third kappa shape index (κ3) is 6.62. The van der Waals surface area contributed by atoms with E-state index in [0.717, 1.165) is 25.7 Å². The molecule has 0 aliphatic heterocycles. The van der Waals surface area contributed by atoms with Gasteiger partial charge in [-0.1, -0.05) is 37.6 Å². The van der Waals surface area contributed by atoms with Gasteiger partial charge in [-0.15, -0.1) is 12.4 Å². The number of aryl methyl sites for hydroxylation is 1. The van der Waals surface area contributed by atoms with Crippen LogP contribution in [0.5, 0.6) is 0 Å². The molecular formula is C19H29ClN2O2. The van der Waals surface area contributed by atoms with Crippen LogP contribution in [0.3, 0.4) is 0 Å². The van der Waals surface area contributed by atoms with Gasteiger partial charge < -0.3 is 11.1 Å². The monoisotopic (exact) mass is 352 g/mol. The number of amides is 1. The number of halogens is 1. The molecule has 1 aliphatic rings. The van der Waals surface area contributed by atoms with Crippen molar-refractivity contribution in [2.45, 2.75) is 57.9 Å². The lowest BCUT2D eigenvalue weighted by Crippen LogP contribution is -2.41. The standard InChI is InChI=1S/C19H28N2O2.ClH/c1-2-3-4-14-5-7-16(8-6-14)18(22)11-12-19(23)21-17(13-20)15-9-10-15;/h5-8,15,17H,2-4,9-13,20H2,1H3,(H,21,23);1H. The minimum Gasteiger partial charge on any atom is -0.352 e. The second-order valence-electron chi connectivity index (χ2n) is 6.47. The van der Waals surface area contributed by atoms with Crippen LogP contribution in [0.15, 0.2) is 24.3 Å². The summed E-state index contributed by atoms with van der Waals surface area (Å²) in [6, 6.07) is 7.85. The maximum atomic E-state index is 12.2. The number of rotatable bonds is 10. The first kappa shape index (κ1) is 20.7.